The number of fused-ring (bicyclic) bond motifs is 1. The molecule has 3 rings (SSSR count). The van der Waals surface area contributed by atoms with Gasteiger partial charge in [-0.05, 0) is 0 Å². The number of nitrogens with zero attached hydrogens (tertiary/aromatic N) is 4. The minimum atomic E-state index is 0.806. The van der Waals surface area contributed by atoms with Crippen molar-refractivity contribution in [1.82, 2.24) is 19.5 Å². The molecular weight excluding hydrogens is 116 g/mol. The van der Waals surface area contributed by atoms with Crippen LogP contribution in [0.25, 0.3) is 17.0 Å². The summed E-state index contributed by atoms with van der Waals surface area (Å²) < 4.78 is 1.92. The van der Waals surface area contributed by atoms with Gasteiger partial charge in [0.05, 0.1) is 0 Å². The second kappa shape index (κ2) is 0.834. The molecular formula is C5H2N4. The maximum absolute atomic E-state index is 3.99. The molecule has 0 saturated heterocycles. The van der Waals surface area contributed by atoms with Crippen molar-refractivity contribution >= 4 is 11.2 Å². The molecule has 0 fully saturated rings. The van der Waals surface area contributed by atoms with Gasteiger partial charge in [0, 0.05) is 0 Å². The van der Waals surface area contributed by atoms with Crippen LogP contribution in [0, 0.1) is 0 Å². The molecule has 0 spiro atoms. The van der Waals surface area contributed by atoms with Gasteiger partial charge in [-0.1, -0.05) is 0 Å². The number of aromatic nitrogens is 4. The van der Waals surface area contributed by atoms with Gasteiger partial charge in [0.15, 0.2) is 11.5 Å². The standard InChI is InChI=1S/C5H2N4/c1-6-4-3-5(7-1)9(3)2-8-4/h1-2H. The molecule has 0 amide bonds. The maximum atomic E-state index is 3.99. The van der Waals surface area contributed by atoms with Crippen LogP contribution in [-0.2, 0) is 0 Å². The molecule has 0 unspecified atom stereocenters. The van der Waals surface area contributed by atoms with Crippen molar-refractivity contribution in [2.75, 3.05) is 0 Å². The molecule has 0 bridgehead atoms. The lowest BCUT2D eigenvalue weighted by Gasteiger charge is -1.78. The highest BCUT2D eigenvalue weighted by molar-refractivity contribution is 5.91. The molecule has 4 nitrogen and oxygen atoms in total. The molecule has 4 heteroatoms. The van der Waals surface area contributed by atoms with Gasteiger partial charge >= 0.3 is 0 Å². The third kappa shape index (κ3) is 0.245. The Hall–Kier alpha value is -1.45. The van der Waals surface area contributed by atoms with Crippen LogP contribution in [0.1, 0.15) is 0 Å². The second-order valence-electron chi connectivity index (χ2n) is 1.98. The molecule has 42 valence electrons. The Labute approximate surface area is 50.2 Å². The van der Waals surface area contributed by atoms with Crippen molar-refractivity contribution in [2.45, 2.75) is 0 Å². The summed E-state index contributed by atoms with van der Waals surface area (Å²) in [6, 6.07) is 0. The molecule has 2 aromatic heterocycles. The van der Waals surface area contributed by atoms with Crippen molar-refractivity contribution in [3.63, 3.8) is 0 Å². The fraction of sp³-hybridized carbons (Fsp3) is 0. The SMILES string of the molecule is c1nc2c3c(n1)ncn3-2. The van der Waals surface area contributed by atoms with E-state index in [0.29, 0.717) is 0 Å². The van der Waals surface area contributed by atoms with Crippen LogP contribution in [0.4, 0.5) is 0 Å². The number of imidazole rings is 1. The van der Waals surface area contributed by atoms with E-state index < -0.39 is 0 Å². The van der Waals surface area contributed by atoms with Crippen molar-refractivity contribution in [1.29, 1.82) is 0 Å². The lowest BCUT2D eigenvalue weighted by molar-refractivity contribution is 1.10. The predicted molar refractivity (Wildman–Crippen MR) is 30.2 cm³/mol. The molecule has 0 atom stereocenters. The fourth-order valence-electron chi connectivity index (χ4n) is 1.02. The first-order valence-electron chi connectivity index (χ1n) is 2.65. The quantitative estimate of drug-likeness (QED) is 0.421. The van der Waals surface area contributed by atoms with Crippen LogP contribution in [0.3, 0.4) is 0 Å². The first kappa shape index (κ1) is 3.55. The summed E-state index contributed by atoms with van der Waals surface area (Å²) in [4.78, 5) is 11.9. The third-order valence-electron chi connectivity index (χ3n) is 1.50. The van der Waals surface area contributed by atoms with E-state index in [1.54, 1.807) is 6.33 Å². The molecule has 0 N–H and O–H groups in total. The lowest BCUT2D eigenvalue weighted by Crippen LogP contribution is -1.78. The topological polar surface area (TPSA) is 43.6 Å². The minimum absolute atomic E-state index is 0.806. The van der Waals surface area contributed by atoms with Crippen LogP contribution in [0.2, 0.25) is 0 Å². The monoisotopic (exact) mass is 118 g/mol. The van der Waals surface area contributed by atoms with Crippen LogP contribution in [0.5, 0.6) is 0 Å². The molecule has 2 aromatic rings. The number of hydrogen-bond donors (Lipinski definition) is 0. The second-order valence-corrected chi connectivity index (χ2v) is 1.98. The molecule has 1 aliphatic heterocycles. The van der Waals surface area contributed by atoms with Crippen LogP contribution in [-0.4, -0.2) is 19.5 Å². The zero-order valence-corrected chi connectivity index (χ0v) is 4.44. The van der Waals surface area contributed by atoms with E-state index in [1.807, 2.05) is 4.57 Å². The first-order valence-corrected chi connectivity index (χ1v) is 2.65. The molecule has 9 heavy (non-hydrogen) atoms. The summed E-state index contributed by atoms with van der Waals surface area (Å²) in [5, 5.41) is 0. The van der Waals surface area contributed by atoms with Crippen LogP contribution >= 0.6 is 0 Å². The summed E-state index contributed by atoms with van der Waals surface area (Å²) in [6.45, 7) is 0. The number of hydrogen-bond acceptors (Lipinski definition) is 3. The van der Waals surface area contributed by atoms with E-state index in [1.165, 1.54) is 6.33 Å². The highest BCUT2D eigenvalue weighted by atomic mass is 15.3. The smallest absolute Gasteiger partial charge is 0.183 e. The van der Waals surface area contributed by atoms with Gasteiger partial charge in [-0.15, -0.1) is 0 Å². The van der Waals surface area contributed by atoms with E-state index >= 15 is 0 Å². The zero-order valence-electron chi connectivity index (χ0n) is 4.44. The molecule has 3 heterocycles. The van der Waals surface area contributed by atoms with Gasteiger partial charge in [-0.2, -0.15) is 0 Å². The van der Waals surface area contributed by atoms with E-state index in [0.717, 1.165) is 17.0 Å². The highest BCUT2D eigenvalue weighted by Crippen LogP contribution is 2.30. The van der Waals surface area contributed by atoms with Crippen molar-refractivity contribution in [3.8, 4) is 5.82 Å². The Bertz CT molecular complexity index is 389. The lowest BCUT2D eigenvalue weighted by atomic mass is 10.6. The summed E-state index contributed by atoms with van der Waals surface area (Å²) in [6.07, 6.45) is 3.27. The van der Waals surface area contributed by atoms with Crippen LogP contribution < -0.4 is 0 Å². The summed E-state index contributed by atoms with van der Waals surface area (Å²) in [7, 11) is 0. The fourth-order valence-corrected chi connectivity index (χ4v) is 1.02. The largest absolute Gasteiger partial charge is 0.276 e. The molecule has 1 aliphatic rings. The van der Waals surface area contributed by atoms with Crippen LogP contribution in [0.15, 0.2) is 12.7 Å². The maximum Gasteiger partial charge on any atom is 0.183 e. The predicted octanol–water partition coefficient (Wildman–Crippen LogP) is 0.129. The van der Waals surface area contributed by atoms with Gasteiger partial charge < -0.3 is 0 Å². The summed E-state index contributed by atoms with van der Waals surface area (Å²) in [5.41, 5.74) is 1.89. The molecule has 0 saturated carbocycles. The van der Waals surface area contributed by atoms with E-state index in [9.17, 15) is 0 Å². The van der Waals surface area contributed by atoms with Crippen molar-refractivity contribution in [3.05, 3.63) is 12.7 Å². The van der Waals surface area contributed by atoms with E-state index in [2.05, 4.69) is 15.0 Å². The Kier molecular flexibility index (Phi) is 0.329. The summed E-state index contributed by atoms with van der Waals surface area (Å²) >= 11 is 0. The number of rotatable bonds is 0. The van der Waals surface area contributed by atoms with Gasteiger partial charge in [-0.25, -0.2) is 15.0 Å². The van der Waals surface area contributed by atoms with Crippen molar-refractivity contribution < 1.29 is 0 Å². The highest BCUT2D eigenvalue weighted by Gasteiger charge is 2.23. The summed E-state index contributed by atoms with van der Waals surface area (Å²) in [5.74, 6) is 1.01. The molecule has 0 radical (unpaired) electrons. The first-order chi connectivity index (χ1) is 4.47. The Balaban J connectivity index is 2.76. The Morgan fingerprint density at radius 2 is 2.22 bits per heavy atom. The van der Waals surface area contributed by atoms with Crippen molar-refractivity contribution in [2.24, 2.45) is 0 Å². The van der Waals surface area contributed by atoms with E-state index in [4.69, 9.17) is 0 Å². The molecule has 0 aliphatic carbocycles. The van der Waals surface area contributed by atoms with Gasteiger partial charge in [-0.3, -0.25) is 4.57 Å². The third-order valence-corrected chi connectivity index (χ3v) is 1.50. The van der Waals surface area contributed by atoms with Gasteiger partial charge in [0.2, 0.25) is 0 Å². The Morgan fingerprint density at radius 1 is 1.22 bits per heavy atom. The minimum Gasteiger partial charge on any atom is -0.276 e. The van der Waals surface area contributed by atoms with E-state index in [-0.39, 0.29) is 0 Å². The van der Waals surface area contributed by atoms with Gasteiger partial charge in [0.1, 0.15) is 18.2 Å². The Morgan fingerprint density at radius 3 is 3.00 bits per heavy atom. The average molecular weight is 118 g/mol. The normalized spacial score (nSPS) is 12.4. The zero-order chi connectivity index (χ0) is 5.84. The average Bonchev–Trinajstić information content (AvgIpc) is 2.35. The van der Waals surface area contributed by atoms with Gasteiger partial charge in [0.25, 0.3) is 0 Å². The molecule has 0 aromatic carbocycles.